The zero-order chi connectivity index (χ0) is 10.7. The Bertz CT molecular complexity index is 312. The van der Waals surface area contributed by atoms with Gasteiger partial charge in [0.15, 0.2) is 6.29 Å². The van der Waals surface area contributed by atoms with Crippen LogP contribution in [0.1, 0.15) is 6.42 Å². The van der Waals surface area contributed by atoms with E-state index in [1.54, 1.807) is 7.11 Å². The van der Waals surface area contributed by atoms with E-state index in [9.17, 15) is 4.79 Å². The summed E-state index contributed by atoms with van der Waals surface area (Å²) >= 11 is 0. The van der Waals surface area contributed by atoms with Crippen molar-refractivity contribution in [3.63, 3.8) is 0 Å². The van der Waals surface area contributed by atoms with Gasteiger partial charge in [-0.15, -0.1) is 0 Å². The standard InChI is InChI=1S/C10H15N3O2/c1-15-5-4-13-3-2-9-8(6-13)10(7-14)12-11-9/h7-8H,2-6H2,1H3. The first-order valence-electron chi connectivity index (χ1n) is 5.16. The van der Waals surface area contributed by atoms with E-state index in [-0.39, 0.29) is 5.92 Å². The third-order valence-electron chi connectivity index (χ3n) is 2.91. The van der Waals surface area contributed by atoms with Gasteiger partial charge in [0, 0.05) is 33.2 Å². The molecule has 5 heteroatoms. The summed E-state index contributed by atoms with van der Waals surface area (Å²) in [5.74, 6) is 0.133. The zero-order valence-corrected chi connectivity index (χ0v) is 8.85. The van der Waals surface area contributed by atoms with Gasteiger partial charge in [0.1, 0.15) is 5.71 Å². The molecule has 1 fully saturated rings. The van der Waals surface area contributed by atoms with Crippen LogP contribution in [0, 0.1) is 5.92 Å². The van der Waals surface area contributed by atoms with Gasteiger partial charge in [-0.2, -0.15) is 10.2 Å². The Morgan fingerprint density at radius 2 is 2.47 bits per heavy atom. The van der Waals surface area contributed by atoms with Crippen LogP contribution in [0.25, 0.3) is 0 Å². The van der Waals surface area contributed by atoms with E-state index in [0.29, 0.717) is 5.71 Å². The van der Waals surface area contributed by atoms with Crippen molar-refractivity contribution < 1.29 is 9.53 Å². The second-order valence-electron chi connectivity index (χ2n) is 3.83. The molecule has 5 nitrogen and oxygen atoms in total. The monoisotopic (exact) mass is 209 g/mol. The molecule has 0 bridgehead atoms. The van der Waals surface area contributed by atoms with Crippen molar-refractivity contribution in [2.45, 2.75) is 6.42 Å². The van der Waals surface area contributed by atoms with Crippen LogP contribution >= 0.6 is 0 Å². The van der Waals surface area contributed by atoms with Crippen molar-refractivity contribution >= 4 is 17.7 Å². The molecule has 0 N–H and O–H groups in total. The van der Waals surface area contributed by atoms with Gasteiger partial charge in [-0.3, -0.25) is 9.69 Å². The van der Waals surface area contributed by atoms with Gasteiger partial charge in [0.05, 0.1) is 18.2 Å². The second kappa shape index (κ2) is 4.63. The number of hydrogen-bond acceptors (Lipinski definition) is 5. The number of hydrogen-bond donors (Lipinski definition) is 0. The molecule has 0 radical (unpaired) electrons. The summed E-state index contributed by atoms with van der Waals surface area (Å²) in [4.78, 5) is 13.0. The molecule has 0 aromatic rings. The van der Waals surface area contributed by atoms with Crippen molar-refractivity contribution in [2.24, 2.45) is 16.1 Å². The highest BCUT2D eigenvalue weighted by atomic mass is 16.5. The molecular formula is C10H15N3O2. The van der Waals surface area contributed by atoms with Crippen molar-refractivity contribution in [3.8, 4) is 0 Å². The lowest BCUT2D eigenvalue weighted by Gasteiger charge is -2.30. The molecule has 0 aromatic carbocycles. The average Bonchev–Trinajstić information content (AvgIpc) is 2.68. The minimum atomic E-state index is 0.133. The molecule has 15 heavy (non-hydrogen) atoms. The summed E-state index contributed by atoms with van der Waals surface area (Å²) in [6.07, 6.45) is 1.73. The van der Waals surface area contributed by atoms with E-state index in [4.69, 9.17) is 4.74 Å². The smallest absolute Gasteiger partial charge is 0.166 e. The Labute approximate surface area is 88.8 Å². The van der Waals surface area contributed by atoms with E-state index in [0.717, 1.165) is 44.7 Å². The fourth-order valence-electron chi connectivity index (χ4n) is 2.01. The van der Waals surface area contributed by atoms with E-state index >= 15 is 0 Å². The van der Waals surface area contributed by atoms with Crippen molar-refractivity contribution in [3.05, 3.63) is 0 Å². The number of rotatable bonds is 4. The third-order valence-corrected chi connectivity index (χ3v) is 2.91. The van der Waals surface area contributed by atoms with Crippen LogP contribution in [0.2, 0.25) is 0 Å². The Morgan fingerprint density at radius 1 is 1.60 bits per heavy atom. The van der Waals surface area contributed by atoms with E-state index in [1.165, 1.54) is 0 Å². The van der Waals surface area contributed by atoms with E-state index < -0.39 is 0 Å². The second-order valence-corrected chi connectivity index (χ2v) is 3.83. The van der Waals surface area contributed by atoms with Gasteiger partial charge in [0.2, 0.25) is 0 Å². The quantitative estimate of drug-likeness (QED) is 0.611. The highest BCUT2D eigenvalue weighted by molar-refractivity contribution is 6.36. The van der Waals surface area contributed by atoms with Gasteiger partial charge < -0.3 is 4.74 Å². The molecule has 0 spiro atoms. The highest BCUT2D eigenvalue weighted by Gasteiger charge is 2.32. The molecule has 1 unspecified atom stereocenters. The number of methoxy groups -OCH3 is 1. The van der Waals surface area contributed by atoms with Crippen LogP contribution in [-0.2, 0) is 9.53 Å². The third kappa shape index (κ3) is 2.13. The van der Waals surface area contributed by atoms with Gasteiger partial charge in [-0.1, -0.05) is 0 Å². The number of likely N-dealkylation sites (tertiary alicyclic amines) is 1. The van der Waals surface area contributed by atoms with Gasteiger partial charge in [-0.05, 0) is 0 Å². The van der Waals surface area contributed by atoms with Gasteiger partial charge in [0.25, 0.3) is 0 Å². The predicted molar refractivity (Wildman–Crippen MR) is 57.4 cm³/mol. The minimum absolute atomic E-state index is 0.133. The molecule has 82 valence electrons. The lowest BCUT2D eigenvalue weighted by molar-refractivity contribution is -0.102. The molecule has 2 aliphatic heterocycles. The first-order valence-corrected chi connectivity index (χ1v) is 5.16. The van der Waals surface area contributed by atoms with Crippen LogP contribution in [0.3, 0.4) is 0 Å². The van der Waals surface area contributed by atoms with Crippen molar-refractivity contribution in [1.29, 1.82) is 0 Å². The summed E-state index contributed by atoms with van der Waals surface area (Å²) < 4.78 is 5.04. The molecule has 2 heterocycles. The number of carbonyl (C=O) groups excluding carboxylic acids is 1. The molecule has 0 saturated carbocycles. The highest BCUT2D eigenvalue weighted by Crippen LogP contribution is 2.20. The summed E-state index contributed by atoms with van der Waals surface area (Å²) in [5.41, 5.74) is 1.64. The fraction of sp³-hybridized carbons (Fsp3) is 0.700. The number of piperidine rings is 1. The van der Waals surface area contributed by atoms with E-state index in [2.05, 4.69) is 15.1 Å². The zero-order valence-electron chi connectivity index (χ0n) is 8.85. The number of aldehydes is 1. The minimum Gasteiger partial charge on any atom is -0.383 e. The van der Waals surface area contributed by atoms with Crippen LogP contribution in [0.4, 0.5) is 0 Å². The number of carbonyl (C=O) groups is 1. The van der Waals surface area contributed by atoms with Gasteiger partial charge in [-0.25, -0.2) is 0 Å². The Hall–Kier alpha value is -1.07. The maximum Gasteiger partial charge on any atom is 0.166 e. The largest absolute Gasteiger partial charge is 0.383 e. The van der Waals surface area contributed by atoms with Crippen LogP contribution in [-0.4, -0.2) is 56.0 Å². The summed E-state index contributed by atoms with van der Waals surface area (Å²) in [6.45, 7) is 3.47. The SMILES string of the molecule is COCCN1CCC2=NN=C(C=O)C2C1. The predicted octanol–water partition coefficient (Wildman–Crippen LogP) is -0.0358. The van der Waals surface area contributed by atoms with E-state index in [1.807, 2.05) is 0 Å². The first-order chi connectivity index (χ1) is 7.35. The van der Waals surface area contributed by atoms with Crippen molar-refractivity contribution in [1.82, 2.24) is 4.90 Å². The number of ether oxygens (including phenoxy) is 1. The maximum absolute atomic E-state index is 10.7. The Balaban J connectivity index is 1.94. The van der Waals surface area contributed by atoms with Gasteiger partial charge >= 0.3 is 0 Å². The molecule has 1 saturated heterocycles. The Kier molecular flexibility index (Phi) is 3.23. The molecule has 2 rings (SSSR count). The van der Waals surface area contributed by atoms with Crippen LogP contribution in [0.15, 0.2) is 10.2 Å². The lowest BCUT2D eigenvalue weighted by atomic mass is 9.92. The Morgan fingerprint density at radius 3 is 3.20 bits per heavy atom. The normalized spacial score (nSPS) is 25.8. The molecule has 2 aliphatic rings. The maximum atomic E-state index is 10.7. The molecule has 0 aromatic heterocycles. The average molecular weight is 209 g/mol. The number of fused-ring (bicyclic) bond motifs is 1. The molecule has 0 aliphatic carbocycles. The van der Waals surface area contributed by atoms with Crippen LogP contribution in [0.5, 0.6) is 0 Å². The molecule has 0 amide bonds. The first kappa shape index (κ1) is 10.4. The molecular weight excluding hydrogens is 194 g/mol. The topological polar surface area (TPSA) is 54.3 Å². The number of nitrogens with zero attached hydrogens (tertiary/aromatic N) is 3. The van der Waals surface area contributed by atoms with Crippen molar-refractivity contribution in [2.75, 3.05) is 33.4 Å². The summed E-state index contributed by atoms with van der Waals surface area (Å²) in [5, 5.41) is 7.93. The molecule has 1 atom stereocenters. The summed E-state index contributed by atoms with van der Waals surface area (Å²) in [7, 11) is 1.70. The lowest BCUT2D eigenvalue weighted by Crippen LogP contribution is -2.44. The van der Waals surface area contributed by atoms with Crippen LogP contribution < -0.4 is 0 Å². The fourth-order valence-corrected chi connectivity index (χ4v) is 2.01. The summed E-state index contributed by atoms with van der Waals surface area (Å²) in [6, 6.07) is 0.